The Labute approximate surface area is 50.5 Å². The van der Waals surface area contributed by atoms with Crippen molar-refractivity contribution in [2.45, 2.75) is 7.43 Å². The van der Waals surface area contributed by atoms with E-state index in [1.165, 1.54) is 0 Å². The van der Waals surface area contributed by atoms with Gasteiger partial charge < -0.3 is 0 Å². The van der Waals surface area contributed by atoms with Gasteiger partial charge in [0.1, 0.15) is 0 Å². The molecule has 0 fully saturated rings. The van der Waals surface area contributed by atoms with E-state index in [9.17, 15) is 0 Å². The fourth-order valence-electron chi connectivity index (χ4n) is 0. The van der Waals surface area contributed by atoms with Crippen LogP contribution in [0.15, 0.2) is 0 Å². The van der Waals surface area contributed by atoms with E-state index in [1.807, 2.05) is 13.3 Å². The molecule has 0 saturated heterocycles. The van der Waals surface area contributed by atoms with Crippen LogP contribution in [0.25, 0.3) is 0 Å². The van der Waals surface area contributed by atoms with Gasteiger partial charge in [-0.3, -0.25) is 0 Å². The maximum atomic E-state index is 4.80. The first-order valence-corrected chi connectivity index (χ1v) is 6.13. The highest BCUT2D eigenvalue weighted by Crippen LogP contribution is 2.41. The normalized spacial score (nSPS) is 9.83. The Hall–Kier alpha value is 1.00. The Morgan fingerprint density at radius 1 is 1.50 bits per heavy atom. The lowest BCUT2D eigenvalue weighted by Gasteiger charge is -1.91. The standard InChI is InChI=1S/C2H7PS2.CH4/c1-3(2,4)5;/h1-2H3,(H,4,5);1H4. The van der Waals surface area contributed by atoms with Crippen LogP contribution in [0.4, 0.5) is 0 Å². The number of hydrogen-bond donors (Lipinski definition) is 1. The summed E-state index contributed by atoms with van der Waals surface area (Å²) in [4.78, 5) is 0. The lowest BCUT2D eigenvalue weighted by Crippen LogP contribution is -1.49. The first kappa shape index (κ1) is 10.1. The topological polar surface area (TPSA) is 0 Å². The lowest BCUT2D eigenvalue weighted by atomic mass is 11.9. The molecule has 0 aromatic carbocycles. The zero-order valence-corrected chi connectivity index (χ0v) is 5.91. The van der Waals surface area contributed by atoms with Crippen LogP contribution in [-0.4, -0.2) is 13.3 Å². The van der Waals surface area contributed by atoms with E-state index in [-0.39, 0.29) is 7.43 Å². The number of thiol groups is 1. The minimum Gasteiger partial charge on any atom is -0.141 e. The maximum absolute atomic E-state index is 4.80. The van der Waals surface area contributed by atoms with Gasteiger partial charge in [-0.15, -0.1) is 12.2 Å². The third-order valence-electron chi connectivity index (χ3n) is 0. The minimum absolute atomic E-state index is 0. The summed E-state index contributed by atoms with van der Waals surface area (Å²) in [5.74, 6) is 0. The fraction of sp³-hybridized carbons (Fsp3) is 1.00. The van der Waals surface area contributed by atoms with E-state index in [4.69, 9.17) is 11.8 Å². The second kappa shape index (κ2) is 3.06. The molecule has 0 saturated carbocycles. The van der Waals surface area contributed by atoms with Gasteiger partial charge in [0.25, 0.3) is 0 Å². The molecule has 0 unspecified atom stereocenters. The molecule has 0 atom stereocenters. The molecule has 0 amide bonds. The van der Waals surface area contributed by atoms with Gasteiger partial charge >= 0.3 is 0 Å². The number of hydrogen-bond acceptors (Lipinski definition) is 1. The minimum atomic E-state index is -1.11. The highest BCUT2D eigenvalue weighted by molar-refractivity contribution is 8.63. The van der Waals surface area contributed by atoms with Crippen LogP contribution < -0.4 is 0 Å². The Bertz CT molecular complexity index is 54.9. The molecular weight excluding hydrogens is 131 g/mol. The van der Waals surface area contributed by atoms with E-state index < -0.39 is 5.24 Å². The van der Waals surface area contributed by atoms with Crippen LogP contribution in [0.2, 0.25) is 0 Å². The average molecular weight is 142 g/mol. The third kappa shape index (κ3) is 80.0. The third-order valence-corrected chi connectivity index (χ3v) is 0. The molecule has 0 aliphatic heterocycles. The first-order chi connectivity index (χ1) is 2.00. The van der Waals surface area contributed by atoms with E-state index in [2.05, 4.69) is 12.2 Å². The summed E-state index contributed by atoms with van der Waals surface area (Å²) in [7, 11) is 0. The van der Waals surface area contributed by atoms with Crippen molar-refractivity contribution >= 4 is 29.3 Å². The maximum Gasteiger partial charge on any atom is -0.00246 e. The molecule has 3 heteroatoms. The Balaban J connectivity index is 0. The zero-order chi connectivity index (χ0) is 4.50. The fourth-order valence-corrected chi connectivity index (χ4v) is 0. The molecule has 0 spiro atoms. The van der Waals surface area contributed by atoms with Gasteiger partial charge in [0.2, 0.25) is 0 Å². The zero-order valence-electron chi connectivity index (χ0n) is 3.30. The Morgan fingerprint density at radius 2 is 1.50 bits per heavy atom. The van der Waals surface area contributed by atoms with Crippen molar-refractivity contribution in [2.24, 2.45) is 0 Å². The summed E-state index contributed by atoms with van der Waals surface area (Å²) in [6, 6.07) is 0. The van der Waals surface area contributed by atoms with Crippen molar-refractivity contribution < 1.29 is 0 Å². The van der Waals surface area contributed by atoms with Crippen molar-refractivity contribution in [2.75, 3.05) is 13.3 Å². The molecule has 0 nitrogen and oxygen atoms in total. The van der Waals surface area contributed by atoms with Crippen molar-refractivity contribution in [3.8, 4) is 0 Å². The molecule has 40 valence electrons. The van der Waals surface area contributed by atoms with E-state index in [1.54, 1.807) is 0 Å². The molecular formula is C3H11PS2. The molecule has 0 heterocycles. The molecule has 0 rings (SSSR count). The Kier molecular flexibility index (Phi) is 5.14. The highest BCUT2D eigenvalue weighted by atomic mass is 32.9. The van der Waals surface area contributed by atoms with Crippen molar-refractivity contribution in [1.29, 1.82) is 0 Å². The van der Waals surface area contributed by atoms with Crippen LogP contribution in [-0.2, 0) is 11.8 Å². The Morgan fingerprint density at radius 3 is 1.50 bits per heavy atom. The van der Waals surface area contributed by atoms with Crippen molar-refractivity contribution in [3.05, 3.63) is 0 Å². The van der Waals surface area contributed by atoms with Gasteiger partial charge in [0, 0.05) is 0 Å². The lowest BCUT2D eigenvalue weighted by molar-refractivity contribution is 2.29. The number of rotatable bonds is 0. The van der Waals surface area contributed by atoms with Crippen LogP contribution in [0, 0.1) is 0 Å². The molecule has 0 N–H and O–H groups in total. The van der Waals surface area contributed by atoms with Crippen LogP contribution >= 0.6 is 17.5 Å². The van der Waals surface area contributed by atoms with Crippen LogP contribution in [0.5, 0.6) is 0 Å². The quantitative estimate of drug-likeness (QED) is 0.399. The summed E-state index contributed by atoms with van der Waals surface area (Å²) < 4.78 is 0. The summed E-state index contributed by atoms with van der Waals surface area (Å²) in [6.45, 7) is 3.96. The van der Waals surface area contributed by atoms with Crippen molar-refractivity contribution in [3.63, 3.8) is 0 Å². The van der Waals surface area contributed by atoms with Gasteiger partial charge in [0.15, 0.2) is 0 Å². The second-order valence-corrected chi connectivity index (χ2v) is 10.4. The highest BCUT2D eigenvalue weighted by Gasteiger charge is 1.84. The molecule has 0 aromatic heterocycles. The van der Waals surface area contributed by atoms with E-state index in [0.717, 1.165) is 0 Å². The SMILES string of the molecule is C.CP(C)(=S)S. The predicted octanol–water partition coefficient (Wildman–Crippen LogP) is 2.21. The van der Waals surface area contributed by atoms with Gasteiger partial charge in [0.05, 0.1) is 0 Å². The summed E-state index contributed by atoms with van der Waals surface area (Å²) >= 11 is 8.85. The van der Waals surface area contributed by atoms with E-state index >= 15 is 0 Å². The molecule has 6 heavy (non-hydrogen) atoms. The van der Waals surface area contributed by atoms with E-state index in [0.29, 0.717) is 0 Å². The molecule has 0 aliphatic carbocycles. The molecule has 0 radical (unpaired) electrons. The van der Waals surface area contributed by atoms with Gasteiger partial charge in [-0.1, -0.05) is 19.2 Å². The first-order valence-electron chi connectivity index (χ1n) is 1.28. The summed E-state index contributed by atoms with van der Waals surface area (Å²) in [5.41, 5.74) is 0. The molecule has 0 aliphatic rings. The van der Waals surface area contributed by atoms with Crippen LogP contribution in [0.3, 0.4) is 0 Å². The largest absolute Gasteiger partial charge is 0.141 e. The summed E-state index contributed by atoms with van der Waals surface area (Å²) in [5, 5.41) is -1.11. The summed E-state index contributed by atoms with van der Waals surface area (Å²) in [6.07, 6.45) is 0. The van der Waals surface area contributed by atoms with Gasteiger partial charge in [-0.05, 0) is 18.6 Å². The predicted molar refractivity (Wildman–Crippen MR) is 41.9 cm³/mol. The van der Waals surface area contributed by atoms with Crippen LogP contribution in [0.1, 0.15) is 7.43 Å². The second-order valence-electron chi connectivity index (χ2n) is 1.29. The van der Waals surface area contributed by atoms with Gasteiger partial charge in [-0.2, -0.15) is 0 Å². The van der Waals surface area contributed by atoms with Gasteiger partial charge in [-0.25, -0.2) is 0 Å². The molecule has 0 bridgehead atoms. The average Bonchev–Trinajstić information content (AvgIpc) is 0.722. The molecule has 0 aromatic rings. The monoisotopic (exact) mass is 142 g/mol. The smallest absolute Gasteiger partial charge is 0.00246 e. The van der Waals surface area contributed by atoms with Crippen molar-refractivity contribution in [1.82, 2.24) is 0 Å².